The molecule has 0 fully saturated rings. The molecule has 5 nitrogen and oxygen atoms in total. The summed E-state index contributed by atoms with van der Waals surface area (Å²) < 4.78 is 1.90. The minimum absolute atomic E-state index is 0.123. The lowest BCUT2D eigenvalue weighted by atomic mass is 10.2. The molecule has 0 bridgehead atoms. The molecule has 0 aliphatic rings. The molecule has 0 aliphatic carbocycles. The standard InChI is InChI=1S/C8H17N5S/c1-6(9)7-10-11-12-13(7)5-8(2,3)14-4/h6H,5,9H2,1-4H3. The molecule has 0 saturated carbocycles. The van der Waals surface area contributed by atoms with Crippen LogP contribution < -0.4 is 5.73 Å². The number of aromatic nitrogens is 4. The molecule has 0 spiro atoms. The van der Waals surface area contributed by atoms with Crippen molar-refractivity contribution < 1.29 is 0 Å². The monoisotopic (exact) mass is 215 g/mol. The van der Waals surface area contributed by atoms with E-state index in [9.17, 15) is 0 Å². The quantitative estimate of drug-likeness (QED) is 0.805. The molecule has 2 N–H and O–H groups in total. The Morgan fingerprint density at radius 2 is 2.21 bits per heavy atom. The van der Waals surface area contributed by atoms with Crippen molar-refractivity contribution in [1.29, 1.82) is 0 Å². The fourth-order valence-electron chi connectivity index (χ4n) is 1.08. The van der Waals surface area contributed by atoms with Gasteiger partial charge in [-0.05, 0) is 37.5 Å². The first-order valence-electron chi connectivity index (χ1n) is 4.53. The third-order valence-electron chi connectivity index (χ3n) is 2.05. The van der Waals surface area contributed by atoms with Crippen molar-refractivity contribution >= 4 is 11.8 Å². The number of hydrogen-bond acceptors (Lipinski definition) is 5. The highest BCUT2D eigenvalue weighted by Gasteiger charge is 2.20. The molecule has 1 heterocycles. The first kappa shape index (κ1) is 11.5. The van der Waals surface area contributed by atoms with E-state index in [0.29, 0.717) is 0 Å². The van der Waals surface area contributed by atoms with Crippen molar-refractivity contribution in [3.8, 4) is 0 Å². The predicted octanol–water partition coefficient (Wildman–Crippen LogP) is 0.834. The van der Waals surface area contributed by atoms with Crippen LogP contribution in [0.15, 0.2) is 0 Å². The molecule has 1 rings (SSSR count). The number of thioether (sulfide) groups is 1. The van der Waals surface area contributed by atoms with Gasteiger partial charge in [-0.25, -0.2) is 4.68 Å². The fraction of sp³-hybridized carbons (Fsp3) is 0.875. The number of tetrazole rings is 1. The zero-order chi connectivity index (χ0) is 10.8. The van der Waals surface area contributed by atoms with Crippen LogP contribution >= 0.6 is 11.8 Å². The van der Waals surface area contributed by atoms with Crippen LogP contribution in [0.4, 0.5) is 0 Å². The van der Waals surface area contributed by atoms with Crippen LogP contribution in [0.3, 0.4) is 0 Å². The van der Waals surface area contributed by atoms with Gasteiger partial charge in [-0.15, -0.1) is 5.10 Å². The van der Waals surface area contributed by atoms with E-state index in [4.69, 9.17) is 5.73 Å². The van der Waals surface area contributed by atoms with E-state index in [2.05, 4.69) is 35.6 Å². The van der Waals surface area contributed by atoms with E-state index in [1.165, 1.54) is 0 Å². The summed E-state index contributed by atoms with van der Waals surface area (Å²) in [5.41, 5.74) is 5.75. The van der Waals surface area contributed by atoms with E-state index in [-0.39, 0.29) is 10.8 Å². The maximum atomic E-state index is 5.75. The van der Waals surface area contributed by atoms with E-state index in [0.717, 1.165) is 12.4 Å². The highest BCUT2D eigenvalue weighted by atomic mass is 32.2. The van der Waals surface area contributed by atoms with Gasteiger partial charge in [-0.2, -0.15) is 11.8 Å². The van der Waals surface area contributed by atoms with Crippen molar-refractivity contribution in [3.05, 3.63) is 5.82 Å². The average Bonchev–Trinajstić information content (AvgIpc) is 2.51. The average molecular weight is 215 g/mol. The Hall–Kier alpha value is -0.620. The minimum Gasteiger partial charge on any atom is -0.322 e. The summed E-state index contributed by atoms with van der Waals surface area (Å²) in [7, 11) is 0. The van der Waals surface area contributed by atoms with Gasteiger partial charge in [0.05, 0.1) is 12.6 Å². The van der Waals surface area contributed by atoms with Gasteiger partial charge >= 0.3 is 0 Å². The normalized spacial score (nSPS) is 14.4. The van der Waals surface area contributed by atoms with Crippen molar-refractivity contribution in [2.24, 2.45) is 5.73 Å². The second kappa shape index (κ2) is 4.27. The number of hydrogen-bond donors (Lipinski definition) is 1. The van der Waals surface area contributed by atoms with Gasteiger partial charge in [-0.3, -0.25) is 0 Å². The van der Waals surface area contributed by atoms with Crippen LogP contribution in [0.2, 0.25) is 0 Å². The van der Waals surface area contributed by atoms with Gasteiger partial charge in [0, 0.05) is 4.75 Å². The largest absolute Gasteiger partial charge is 0.322 e. The Morgan fingerprint density at radius 1 is 1.57 bits per heavy atom. The van der Waals surface area contributed by atoms with Gasteiger partial charge in [0.15, 0.2) is 5.82 Å². The van der Waals surface area contributed by atoms with Gasteiger partial charge in [0.1, 0.15) is 0 Å². The fourth-order valence-corrected chi connectivity index (χ4v) is 1.33. The Kier molecular flexibility index (Phi) is 3.49. The van der Waals surface area contributed by atoms with E-state index in [1.807, 2.05) is 6.92 Å². The van der Waals surface area contributed by atoms with Crippen LogP contribution in [0.25, 0.3) is 0 Å². The zero-order valence-corrected chi connectivity index (χ0v) is 9.88. The smallest absolute Gasteiger partial charge is 0.167 e. The zero-order valence-electron chi connectivity index (χ0n) is 9.06. The number of rotatable bonds is 4. The Balaban J connectivity index is 2.81. The molecule has 0 amide bonds. The third kappa shape index (κ3) is 2.68. The summed E-state index contributed by atoms with van der Waals surface area (Å²) >= 11 is 1.79. The Morgan fingerprint density at radius 3 is 2.71 bits per heavy atom. The first-order chi connectivity index (χ1) is 6.46. The SMILES string of the molecule is CSC(C)(C)Cn1nnnc1C(C)N. The lowest BCUT2D eigenvalue weighted by molar-refractivity contribution is 0.479. The first-order valence-corrected chi connectivity index (χ1v) is 5.75. The second-order valence-corrected chi connectivity index (χ2v) is 5.46. The van der Waals surface area contributed by atoms with Gasteiger partial charge < -0.3 is 5.73 Å². The molecule has 0 saturated heterocycles. The van der Waals surface area contributed by atoms with Gasteiger partial charge in [0.2, 0.25) is 0 Å². The predicted molar refractivity (Wildman–Crippen MR) is 58.0 cm³/mol. The summed E-state index contributed by atoms with van der Waals surface area (Å²) in [4.78, 5) is 0. The van der Waals surface area contributed by atoms with Crippen molar-refractivity contribution in [2.75, 3.05) is 6.26 Å². The summed E-state index contributed by atoms with van der Waals surface area (Å²) in [6, 6.07) is -0.123. The number of nitrogens with two attached hydrogens (primary N) is 1. The van der Waals surface area contributed by atoms with E-state index in [1.54, 1.807) is 16.4 Å². The Labute approximate surface area is 88.4 Å². The van der Waals surface area contributed by atoms with Crippen LogP contribution in [0.1, 0.15) is 32.6 Å². The maximum absolute atomic E-state index is 5.75. The number of nitrogens with zero attached hydrogens (tertiary/aromatic N) is 4. The van der Waals surface area contributed by atoms with E-state index < -0.39 is 0 Å². The van der Waals surface area contributed by atoms with Crippen molar-refractivity contribution in [2.45, 2.75) is 38.1 Å². The molecule has 0 aliphatic heterocycles. The molecule has 80 valence electrons. The van der Waals surface area contributed by atoms with Crippen LogP contribution in [-0.2, 0) is 6.54 Å². The van der Waals surface area contributed by atoms with Crippen LogP contribution in [0.5, 0.6) is 0 Å². The summed E-state index contributed by atoms with van der Waals surface area (Å²) in [5.74, 6) is 0.743. The Bertz CT molecular complexity index is 294. The molecular weight excluding hydrogens is 198 g/mol. The summed E-state index contributed by atoms with van der Waals surface area (Å²) in [5, 5.41) is 11.5. The highest BCUT2D eigenvalue weighted by molar-refractivity contribution is 7.99. The third-order valence-corrected chi connectivity index (χ3v) is 3.28. The van der Waals surface area contributed by atoms with Crippen LogP contribution in [0, 0.1) is 0 Å². The molecule has 1 unspecified atom stereocenters. The maximum Gasteiger partial charge on any atom is 0.167 e. The van der Waals surface area contributed by atoms with Crippen molar-refractivity contribution in [1.82, 2.24) is 20.2 Å². The summed E-state index contributed by atoms with van der Waals surface area (Å²) in [6.07, 6.45) is 2.08. The lowest BCUT2D eigenvalue weighted by Crippen LogP contribution is -2.26. The van der Waals surface area contributed by atoms with E-state index >= 15 is 0 Å². The molecule has 0 radical (unpaired) electrons. The minimum atomic E-state index is -0.123. The molecule has 0 aromatic carbocycles. The van der Waals surface area contributed by atoms with Crippen LogP contribution in [-0.4, -0.2) is 31.2 Å². The molecule has 1 atom stereocenters. The van der Waals surface area contributed by atoms with Gasteiger partial charge in [-0.1, -0.05) is 0 Å². The molecule has 1 aromatic rings. The molecular formula is C8H17N5S. The topological polar surface area (TPSA) is 69.6 Å². The van der Waals surface area contributed by atoms with Crippen molar-refractivity contribution in [3.63, 3.8) is 0 Å². The highest BCUT2D eigenvalue weighted by Crippen LogP contribution is 2.23. The lowest BCUT2D eigenvalue weighted by Gasteiger charge is -2.22. The molecule has 6 heteroatoms. The second-order valence-electron chi connectivity index (χ2n) is 3.95. The summed E-state index contributed by atoms with van der Waals surface area (Å²) in [6.45, 7) is 6.97. The van der Waals surface area contributed by atoms with Gasteiger partial charge in [0.25, 0.3) is 0 Å². The molecule has 14 heavy (non-hydrogen) atoms. The molecule has 1 aromatic heterocycles.